The molecule has 0 radical (unpaired) electrons. The van der Waals surface area contributed by atoms with E-state index < -0.39 is 11.8 Å². The van der Waals surface area contributed by atoms with Crippen LogP contribution in [0, 0.1) is 5.82 Å². The van der Waals surface area contributed by atoms with Crippen LogP contribution in [0.3, 0.4) is 0 Å². The lowest BCUT2D eigenvalue weighted by molar-refractivity contribution is 0.00633. The molecule has 26 heavy (non-hydrogen) atoms. The first kappa shape index (κ1) is 18.8. The van der Waals surface area contributed by atoms with E-state index in [1.54, 1.807) is 26.0 Å². The monoisotopic (exact) mass is 375 g/mol. The molecule has 2 aromatic carbocycles. The molecular formula is C21H24FO3S+. The van der Waals surface area contributed by atoms with E-state index in [4.69, 9.17) is 9.47 Å². The largest absolute Gasteiger partial charge is 0.514 e. The topological polar surface area (TPSA) is 35.5 Å². The van der Waals surface area contributed by atoms with Gasteiger partial charge in [0.25, 0.3) is 0 Å². The third-order valence-electron chi connectivity index (χ3n) is 4.52. The fourth-order valence-electron chi connectivity index (χ4n) is 3.00. The minimum atomic E-state index is -0.909. The van der Waals surface area contributed by atoms with Gasteiger partial charge < -0.3 is 9.47 Å². The molecule has 1 aliphatic heterocycles. The third kappa shape index (κ3) is 4.79. The van der Waals surface area contributed by atoms with Crippen LogP contribution >= 0.6 is 0 Å². The predicted octanol–water partition coefficient (Wildman–Crippen LogP) is 5.44. The van der Waals surface area contributed by atoms with Crippen molar-refractivity contribution in [2.24, 2.45) is 0 Å². The first-order chi connectivity index (χ1) is 12.4. The second-order valence-electron chi connectivity index (χ2n) is 6.90. The SMILES string of the molecule is CC(C)(OC(=O)Oc1ccc([S+]2CCCCC2)cc1)c1ccc(F)cc1. The summed E-state index contributed by atoms with van der Waals surface area (Å²) in [6.45, 7) is 3.49. The van der Waals surface area contributed by atoms with Gasteiger partial charge in [-0.3, -0.25) is 0 Å². The summed E-state index contributed by atoms with van der Waals surface area (Å²) in [7, 11) is 0.326. The van der Waals surface area contributed by atoms with Crippen LogP contribution in [0.4, 0.5) is 9.18 Å². The maximum atomic E-state index is 13.1. The quantitative estimate of drug-likeness (QED) is 0.406. The van der Waals surface area contributed by atoms with Crippen LogP contribution in [-0.4, -0.2) is 17.7 Å². The van der Waals surface area contributed by atoms with Gasteiger partial charge in [-0.2, -0.15) is 0 Å². The number of halogens is 1. The zero-order chi connectivity index (χ0) is 18.6. The molecule has 0 unspecified atom stereocenters. The zero-order valence-corrected chi connectivity index (χ0v) is 16.0. The minimum absolute atomic E-state index is 0.326. The van der Waals surface area contributed by atoms with Crippen LogP contribution in [0.1, 0.15) is 38.7 Å². The van der Waals surface area contributed by atoms with Gasteiger partial charge in [0.15, 0.2) is 4.90 Å². The first-order valence-electron chi connectivity index (χ1n) is 8.88. The van der Waals surface area contributed by atoms with Crippen LogP contribution in [-0.2, 0) is 21.2 Å². The molecule has 0 atom stereocenters. The Balaban J connectivity index is 1.59. The summed E-state index contributed by atoms with van der Waals surface area (Å²) in [5, 5.41) is 0. The van der Waals surface area contributed by atoms with Crippen LogP contribution in [0.5, 0.6) is 5.75 Å². The van der Waals surface area contributed by atoms with Crippen molar-refractivity contribution in [1.29, 1.82) is 0 Å². The Morgan fingerprint density at radius 1 is 0.962 bits per heavy atom. The summed E-state index contributed by atoms with van der Waals surface area (Å²) in [6.07, 6.45) is 3.16. The highest BCUT2D eigenvalue weighted by Gasteiger charge is 2.27. The van der Waals surface area contributed by atoms with Crippen molar-refractivity contribution in [1.82, 2.24) is 0 Å². The highest BCUT2D eigenvalue weighted by atomic mass is 32.2. The summed E-state index contributed by atoms with van der Waals surface area (Å²) >= 11 is 0. The molecule has 2 aromatic rings. The van der Waals surface area contributed by atoms with Gasteiger partial charge in [0, 0.05) is 10.9 Å². The molecular weight excluding hydrogens is 351 g/mol. The molecule has 1 heterocycles. The van der Waals surface area contributed by atoms with Gasteiger partial charge in [0.1, 0.15) is 28.7 Å². The number of carbonyl (C=O) groups is 1. The minimum Gasteiger partial charge on any atom is -0.423 e. The summed E-state index contributed by atoms with van der Waals surface area (Å²) in [4.78, 5) is 13.5. The average Bonchev–Trinajstić information content (AvgIpc) is 2.63. The van der Waals surface area contributed by atoms with Crippen molar-refractivity contribution in [3.05, 3.63) is 59.9 Å². The van der Waals surface area contributed by atoms with Crippen molar-refractivity contribution in [2.75, 3.05) is 11.5 Å². The van der Waals surface area contributed by atoms with E-state index in [0.717, 1.165) is 0 Å². The molecule has 1 aliphatic rings. The molecule has 0 aromatic heterocycles. The van der Waals surface area contributed by atoms with Crippen molar-refractivity contribution in [3.63, 3.8) is 0 Å². The van der Waals surface area contributed by atoms with Gasteiger partial charge in [-0.15, -0.1) is 0 Å². The van der Waals surface area contributed by atoms with E-state index in [-0.39, 0.29) is 5.82 Å². The van der Waals surface area contributed by atoms with Crippen LogP contribution < -0.4 is 4.74 Å². The van der Waals surface area contributed by atoms with Gasteiger partial charge in [-0.1, -0.05) is 12.1 Å². The molecule has 0 N–H and O–H groups in total. The van der Waals surface area contributed by atoms with E-state index in [9.17, 15) is 9.18 Å². The second-order valence-corrected chi connectivity index (χ2v) is 9.18. The second kappa shape index (κ2) is 8.12. The lowest BCUT2D eigenvalue weighted by Gasteiger charge is -2.25. The number of hydrogen-bond donors (Lipinski definition) is 0. The Hall–Kier alpha value is -2.01. The Bertz CT molecular complexity index is 735. The predicted molar refractivity (Wildman–Crippen MR) is 102 cm³/mol. The highest BCUT2D eigenvalue weighted by Crippen LogP contribution is 2.27. The number of hydrogen-bond acceptors (Lipinski definition) is 3. The molecule has 5 heteroatoms. The lowest BCUT2D eigenvalue weighted by atomic mass is 9.98. The molecule has 0 bridgehead atoms. The van der Waals surface area contributed by atoms with E-state index in [0.29, 0.717) is 22.2 Å². The summed E-state index contributed by atoms with van der Waals surface area (Å²) in [5.41, 5.74) is -0.210. The maximum Gasteiger partial charge on any atom is 0.514 e. The number of benzene rings is 2. The molecule has 1 saturated heterocycles. The molecule has 3 nitrogen and oxygen atoms in total. The van der Waals surface area contributed by atoms with Gasteiger partial charge >= 0.3 is 6.16 Å². The third-order valence-corrected chi connectivity index (χ3v) is 7.02. The maximum absolute atomic E-state index is 13.1. The summed E-state index contributed by atoms with van der Waals surface area (Å²) in [6, 6.07) is 13.6. The Labute approximate surface area is 156 Å². The van der Waals surface area contributed by atoms with Gasteiger partial charge in [0.2, 0.25) is 0 Å². The van der Waals surface area contributed by atoms with Crippen LogP contribution in [0.15, 0.2) is 53.4 Å². The Morgan fingerprint density at radius 2 is 1.58 bits per heavy atom. The lowest BCUT2D eigenvalue weighted by Crippen LogP contribution is -2.27. The van der Waals surface area contributed by atoms with E-state index in [2.05, 4.69) is 0 Å². The molecule has 0 aliphatic carbocycles. The van der Waals surface area contributed by atoms with Crippen molar-refractivity contribution in [3.8, 4) is 5.75 Å². The van der Waals surface area contributed by atoms with E-state index in [1.807, 2.05) is 24.3 Å². The zero-order valence-electron chi connectivity index (χ0n) is 15.2. The summed E-state index contributed by atoms with van der Waals surface area (Å²) in [5.74, 6) is 2.66. The average molecular weight is 375 g/mol. The number of ether oxygens (including phenoxy) is 2. The van der Waals surface area contributed by atoms with Crippen LogP contribution in [0.2, 0.25) is 0 Å². The van der Waals surface area contributed by atoms with Gasteiger partial charge in [-0.25, -0.2) is 9.18 Å². The fourth-order valence-corrected chi connectivity index (χ4v) is 5.30. The molecule has 138 valence electrons. The fraction of sp³-hybridized carbons (Fsp3) is 0.381. The number of rotatable bonds is 4. The Kier molecular flexibility index (Phi) is 5.87. The molecule has 1 fully saturated rings. The molecule has 0 amide bonds. The van der Waals surface area contributed by atoms with Gasteiger partial charge in [-0.05, 0) is 75.1 Å². The van der Waals surface area contributed by atoms with Crippen molar-refractivity contribution < 1.29 is 18.7 Å². The summed E-state index contributed by atoms with van der Waals surface area (Å²) < 4.78 is 23.8. The smallest absolute Gasteiger partial charge is 0.423 e. The molecule has 3 rings (SSSR count). The van der Waals surface area contributed by atoms with Crippen LogP contribution in [0.25, 0.3) is 0 Å². The normalized spacial score (nSPS) is 15.5. The van der Waals surface area contributed by atoms with Crippen molar-refractivity contribution >= 4 is 17.1 Å². The van der Waals surface area contributed by atoms with Crippen molar-refractivity contribution in [2.45, 2.75) is 43.6 Å². The highest BCUT2D eigenvalue weighted by molar-refractivity contribution is 7.96. The van der Waals surface area contributed by atoms with E-state index >= 15 is 0 Å². The Morgan fingerprint density at radius 3 is 2.19 bits per heavy atom. The van der Waals surface area contributed by atoms with Gasteiger partial charge in [0.05, 0.1) is 0 Å². The molecule has 0 spiro atoms. The standard InChI is InChI=1S/C21H24FO3S/c1-21(2,16-6-8-17(22)9-7-16)25-20(23)24-18-10-12-19(13-11-18)26-14-4-3-5-15-26/h6-13H,3-5,14-15H2,1-2H3/q+1. The van der Waals surface area contributed by atoms with E-state index in [1.165, 1.54) is 47.8 Å². The first-order valence-corrected chi connectivity index (χ1v) is 10.4. The number of carbonyl (C=O) groups excluding carboxylic acids is 1. The molecule has 0 saturated carbocycles.